The quantitative estimate of drug-likeness (QED) is 0.868. The molecular weight excluding hydrogens is 343 g/mol. The molecule has 0 bridgehead atoms. The maximum atomic E-state index is 13.4. The topological polar surface area (TPSA) is 55.6 Å². The monoisotopic (exact) mass is 368 g/mol. The number of amides is 1. The molecule has 1 saturated carbocycles. The second-order valence-electron chi connectivity index (χ2n) is 7.47. The van der Waals surface area contributed by atoms with Gasteiger partial charge in [0.15, 0.2) is 0 Å². The maximum Gasteiger partial charge on any atom is 0.248 e. The van der Waals surface area contributed by atoms with Gasteiger partial charge in [-0.05, 0) is 67.1 Å². The number of hydrogen-bond donors (Lipinski definition) is 1. The fourth-order valence-corrected chi connectivity index (χ4v) is 3.96. The van der Waals surface area contributed by atoms with Gasteiger partial charge in [-0.25, -0.2) is 4.39 Å². The van der Waals surface area contributed by atoms with Crippen molar-refractivity contribution in [3.05, 3.63) is 58.7 Å². The molecule has 4 rings (SSSR count). The molecule has 27 heavy (non-hydrogen) atoms. The van der Waals surface area contributed by atoms with Crippen molar-refractivity contribution in [2.75, 3.05) is 13.1 Å². The van der Waals surface area contributed by atoms with Crippen molar-refractivity contribution in [3.63, 3.8) is 0 Å². The van der Waals surface area contributed by atoms with Crippen LogP contribution in [0.25, 0.3) is 0 Å². The van der Waals surface area contributed by atoms with Crippen LogP contribution in [0.5, 0.6) is 11.5 Å². The van der Waals surface area contributed by atoms with Crippen molar-refractivity contribution in [1.82, 2.24) is 4.90 Å². The number of carbonyl (C=O) groups excluding carboxylic acids is 1. The SMILES string of the molecule is NC(=O)c1ccc(Oc2ccc3c(c2)CCN(C2CCC2)CC3)c(CF)c1. The van der Waals surface area contributed by atoms with Crippen LogP contribution in [0.15, 0.2) is 36.4 Å². The van der Waals surface area contributed by atoms with Gasteiger partial charge in [0.25, 0.3) is 0 Å². The highest BCUT2D eigenvalue weighted by molar-refractivity contribution is 5.93. The van der Waals surface area contributed by atoms with Crippen molar-refractivity contribution in [3.8, 4) is 11.5 Å². The third-order valence-corrected chi connectivity index (χ3v) is 5.82. The van der Waals surface area contributed by atoms with Gasteiger partial charge in [-0.3, -0.25) is 9.69 Å². The summed E-state index contributed by atoms with van der Waals surface area (Å²) in [6, 6.07) is 11.5. The van der Waals surface area contributed by atoms with E-state index in [1.54, 1.807) is 12.1 Å². The molecule has 2 aromatic rings. The number of carbonyl (C=O) groups is 1. The van der Waals surface area contributed by atoms with Gasteiger partial charge in [-0.1, -0.05) is 12.5 Å². The Labute approximate surface area is 159 Å². The predicted molar refractivity (Wildman–Crippen MR) is 103 cm³/mol. The first-order valence-corrected chi connectivity index (χ1v) is 9.66. The molecule has 1 aliphatic carbocycles. The van der Waals surface area contributed by atoms with Gasteiger partial charge in [0, 0.05) is 30.3 Å². The third kappa shape index (κ3) is 3.83. The molecule has 4 nitrogen and oxygen atoms in total. The molecule has 0 unspecified atom stereocenters. The summed E-state index contributed by atoms with van der Waals surface area (Å²) in [5, 5.41) is 0. The van der Waals surface area contributed by atoms with Crippen LogP contribution in [0.2, 0.25) is 0 Å². The first-order chi connectivity index (χ1) is 13.1. The predicted octanol–water partition coefficient (Wildman–Crippen LogP) is 4.00. The lowest BCUT2D eigenvalue weighted by Crippen LogP contribution is -2.41. The van der Waals surface area contributed by atoms with E-state index in [2.05, 4.69) is 17.0 Å². The van der Waals surface area contributed by atoms with Crippen LogP contribution in [-0.2, 0) is 19.5 Å². The number of nitrogens with zero attached hydrogens (tertiary/aromatic N) is 1. The lowest BCUT2D eigenvalue weighted by molar-refractivity contribution is 0.1000. The number of rotatable bonds is 5. The summed E-state index contributed by atoms with van der Waals surface area (Å²) in [7, 11) is 0. The summed E-state index contributed by atoms with van der Waals surface area (Å²) < 4.78 is 19.3. The molecule has 0 saturated heterocycles. The fraction of sp³-hybridized carbons (Fsp3) is 0.409. The fourth-order valence-electron chi connectivity index (χ4n) is 3.96. The number of fused-ring (bicyclic) bond motifs is 1. The van der Waals surface area contributed by atoms with Crippen LogP contribution in [-0.4, -0.2) is 29.9 Å². The van der Waals surface area contributed by atoms with Crippen molar-refractivity contribution >= 4 is 5.91 Å². The van der Waals surface area contributed by atoms with Gasteiger partial charge >= 0.3 is 0 Å². The van der Waals surface area contributed by atoms with E-state index in [1.165, 1.54) is 36.5 Å². The molecule has 2 aromatic carbocycles. The third-order valence-electron chi connectivity index (χ3n) is 5.82. The number of primary amides is 1. The summed E-state index contributed by atoms with van der Waals surface area (Å²) >= 11 is 0. The Morgan fingerprint density at radius 1 is 1.11 bits per heavy atom. The Hall–Kier alpha value is -2.40. The van der Waals surface area contributed by atoms with Crippen LogP contribution in [0, 0.1) is 0 Å². The molecule has 0 spiro atoms. The van der Waals surface area contributed by atoms with E-state index in [0.717, 1.165) is 32.0 Å². The van der Waals surface area contributed by atoms with Gasteiger partial charge in [-0.15, -0.1) is 0 Å². The molecule has 0 radical (unpaired) electrons. The van der Waals surface area contributed by atoms with Crippen molar-refractivity contribution in [2.45, 2.75) is 44.8 Å². The zero-order valence-electron chi connectivity index (χ0n) is 15.4. The Kier molecular flexibility index (Phi) is 5.12. The highest BCUT2D eigenvalue weighted by Gasteiger charge is 2.26. The normalized spacial score (nSPS) is 17.7. The number of nitrogens with two attached hydrogens (primary N) is 1. The van der Waals surface area contributed by atoms with Gasteiger partial charge in [0.2, 0.25) is 5.91 Å². The average Bonchev–Trinajstić information content (AvgIpc) is 2.83. The minimum atomic E-state index is -0.711. The first-order valence-electron chi connectivity index (χ1n) is 9.66. The Morgan fingerprint density at radius 3 is 2.56 bits per heavy atom. The molecule has 142 valence electrons. The average molecular weight is 368 g/mol. The van der Waals surface area contributed by atoms with Crippen molar-refractivity contribution in [2.24, 2.45) is 5.73 Å². The number of halogens is 1. The molecule has 2 aliphatic rings. The van der Waals surface area contributed by atoms with Gasteiger partial charge < -0.3 is 10.5 Å². The van der Waals surface area contributed by atoms with Crippen LogP contribution in [0.1, 0.15) is 46.3 Å². The van der Waals surface area contributed by atoms with Crippen LogP contribution in [0.3, 0.4) is 0 Å². The highest BCUT2D eigenvalue weighted by Crippen LogP contribution is 2.31. The summed E-state index contributed by atoms with van der Waals surface area (Å²) in [6.07, 6.45) is 6.10. The van der Waals surface area contributed by atoms with E-state index in [9.17, 15) is 9.18 Å². The Balaban J connectivity index is 1.51. The number of alkyl halides is 1. The van der Waals surface area contributed by atoms with E-state index >= 15 is 0 Å². The zero-order valence-corrected chi connectivity index (χ0v) is 15.4. The molecule has 1 aliphatic heterocycles. The molecule has 5 heteroatoms. The summed E-state index contributed by atoms with van der Waals surface area (Å²) in [5.41, 5.74) is 8.57. The standard InChI is InChI=1S/C22H25FN2O2/c23-14-18-12-17(22(24)26)5-7-21(18)27-20-6-4-15-8-10-25(19-2-1-3-19)11-9-16(15)13-20/h4-7,12-13,19H,1-3,8-11,14H2,(H2,24,26). The van der Waals surface area contributed by atoms with Crippen molar-refractivity contribution in [1.29, 1.82) is 0 Å². The number of benzene rings is 2. The molecule has 0 aromatic heterocycles. The first kappa shape index (κ1) is 18.0. The molecule has 1 heterocycles. The van der Waals surface area contributed by atoms with Crippen LogP contribution in [0.4, 0.5) is 4.39 Å². The molecule has 1 amide bonds. The lowest BCUT2D eigenvalue weighted by atomic mass is 9.91. The van der Waals surface area contributed by atoms with Crippen LogP contribution < -0.4 is 10.5 Å². The molecule has 2 N–H and O–H groups in total. The number of hydrogen-bond acceptors (Lipinski definition) is 3. The Bertz CT molecular complexity index is 848. The highest BCUT2D eigenvalue weighted by atomic mass is 19.1. The van der Waals surface area contributed by atoms with E-state index in [0.29, 0.717) is 17.1 Å². The van der Waals surface area contributed by atoms with E-state index in [-0.39, 0.29) is 5.56 Å². The minimum Gasteiger partial charge on any atom is -0.457 e. The van der Waals surface area contributed by atoms with Gasteiger partial charge in [0.1, 0.15) is 18.2 Å². The van der Waals surface area contributed by atoms with E-state index in [4.69, 9.17) is 10.5 Å². The van der Waals surface area contributed by atoms with Gasteiger partial charge in [0.05, 0.1) is 0 Å². The second kappa shape index (κ2) is 7.69. The minimum absolute atomic E-state index is 0.285. The second-order valence-corrected chi connectivity index (χ2v) is 7.47. The number of ether oxygens (including phenoxy) is 1. The maximum absolute atomic E-state index is 13.4. The summed E-state index contributed by atoms with van der Waals surface area (Å²) in [6.45, 7) is 1.50. The summed E-state index contributed by atoms with van der Waals surface area (Å²) in [5.74, 6) is 0.553. The summed E-state index contributed by atoms with van der Waals surface area (Å²) in [4.78, 5) is 13.9. The lowest BCUT2D eigenvalue weighted by Gasteiger charge is -2.36. The van der Waals surface area contributed by atoms with E-state index < -0.39 is 12.6 Å². The van der Waals surface area contributed by atoms with Gasteiger partial charge in [-0.2, -0.15) is 0 Å². The Morgan fingerprint density at radius 2 is 1.89 bits per heavy atom. The van der Waals surface area contributed by atoms with Crippen molar-refractivity contribution < 1.29 is 13.9 Å². The smallest absolute Gasteiger partial charge is 0.248 e. The molecular formula is C22H25FN2O2. The largest absolute Gasteiger partial charge is 0.457 e. The van der Waals surface area contributed by atoms with Crippen LogP contribution >= 0.6 is 0 Å². The zero-order chi connectivity index (χ0) is 18.8. The molecule has 1 fully saturated rings. The van der Waals surface area contributed by atoms with E-state index in [1.807, 2.05) is 6.07 Å². The molecule has 0 atom stereocenters.